The van der Waals surface area contributed by atoms with Crippen LogP contribution in [0.1, 0.15) is 21.8 Å². The number of carbonyl (C=O) groups excluding carboxylic acids is 1. The van der Waals surface area contributed by atoms with E-state index in [-0.39, 0.29) is 11.7 Å². The van der Waals surface area contributed by atoms with Gasteiger partial charge in [0.2, 0.25) is 11.7 Å². The van der Waals surface area contributed by atoms with Gasteiger partial charge in [0.05, 0.1) is 11.8 Å². The summed E-state index contributed by atoms with van der Waals surface area (Å²) < 4.78 is 5.32. The first-order valence-electron chi connectivity index (χ1n) is 5.31. The zero-order valence-corrected chi connectivity index (χ0v) is 10.0. The van der Waals surface area contributed by atoms with Crippen LogP contribution in [0, 0.1) is 12.3 Å². The Labute approximate surface area is 104 Å². The molecule has 0 radical (unpaired) electrons. The first kappa shape index (κ1) is 12.0. The van der Waals surface area contributed by atoms with Gasteiger partial charge < -0.3 is 15.1 Å². The zero-order valence-electron chi connectivity index (χ0n) is 10.0. The number of hydrogen-bond acceptors (Lipinski definition) is 5. The number of amides is 1. The maximum absolute atomic E-state index is 11.3. The fourth-order valence-electron chi connectivity index (χ4n) is 1.45. The van der Waals surface area contributed by atoms with E-state index in [9.17, 15) is 4.79 Å². The molecule has 2 rings (SSSR count). The van der Waals surface area contributed by atoms with Crippen molar-refractivity contribution in [3.8, 4) is 11.5 Å². The van der Waals surface area contributed by atoms with E-state index in [2.05, 4.69) is 15.3 Å². The van der Waals surface area contributed by atoms with Gasteiger partial charge in [-0.25, -0.2) is 4.98 Å². The molecule has 2 heterocycles. The van der Waals surface area contributed by atoms with E-state index >= 15 is 0 Å². The van der Waals surface area contributed by atoms with E-state index in [1.807, 2.05) is 6.92 Å². The summed E-state index contributed by atoms with van der Waals surface area (Å²) in [4.78, 5) is 19.5. The number of oxazole rings is 1. The maximum atomic E-state index is 11.3. The smallest absolute Gasteiger partial charge is 0.288 e. The molecule has 18 heavy (non-hydrogen) atoms. The van der Waals surface area contributed by atoms with Crippen LogP contribution in [0.25, 0.3) is 11.5 Å². The number of aromatic nitrogens is 2. The van der Waals surface area contributed by atoms with Crippen LogP contribution in [0.3, 0.4) is 0 Å². The third-order valence-corrected chi connectivity index (χ3v) is 2.49. The maximum Gasteiger partial charge on any atom is 0.288 e. The molecule has 0 saturated heterocycles. The molecule has 0 aliphatic carbocycles. The van der Waals surface area contributed by atoms with Gasteiger partial charge in [0.25, 0.3) is 5.91 Å². The third kappa shape index (κ3) is 2.13. The van der Waals surface area contributed by atoms with Gasteiger partial charge in [-0.05, 0) is 13.0 Å². The summed E-state index contributed by atoms with van der Waals surface area (Å²) in [5.41, 5.74) is 2.08. The Morgan fingerprint density at radius 2 is 2.22 bits per heavy atom. The highest BCUT2D eigenvalue weighted by atomic mass is 16.4. The summed E-state index contributed by atoms with van der Waals surface area (Å²) in [5, 5.41) is 9.72. The molecule has 0 atom stereocenters. The topological polar surface area (TPSA) is 91.9 Å². The SMILES string of the molecule is CNC(=O)c1cnc(-c2cnc(C)c(C=N)c2)o1. The lowest BCUT2D eigenvalue weighted by Gasteiger charge is -2.00. The van der Waals surface area contributed by atoms with Crippen molar-refractivity contribution < 1.29 is 9.21 Å². The van der Waals surface area contributed by atoms with Gasteiger partial charge in [0.1, 0.15) is 0 Å². The Morgan fingerprint density at radius 3 is 2.89 bits per heavy atom. The molecule has 6 nitrogen and oxygen atoms in total. The van der Waals surface area contributed by atoms with Gasteiger partial charge in [0, 0.05) is 30.7 Å². The number of nitrogens with one attached hydrogen (secondary N) is 2. The van der Waals surface area contributed by atoms with Crippen LogP contribution in [0.2, 0.25) is 0 Å². The van der Waals surface area contributed by atoms with Crippen molar-refractivity contribution in [3.63, 3.8) is 0 Å². The first-order chi connectivity index (χ1) is 8.65. The average Bonchev–Trinajstić information content (AvgIpc) is 2.88. The Kier molecular flexibility index (Phi) is 3.18. The van der Waals surface area contributed by atoms with Gasteiger partial charge in [-0.2, -0.15) is 0 Å². The van der Waals surface area contributed by atoms with E-state index in [4.69, 9.17) is 9.83 Å². The van der Waals surface area contributed by atoms with E-state index in [0.717, 1.165) is 5.69 Å². The van der Waals surface area contributed by atoms with E-state index in [1.165, 1.54) is 19.5 Å². The molecule has 0 spiro atoms. The summed E-state index contributed by atoms with van der Waals surface area (Å²) in [5.74, 6) is 0.120. The van der Waals surface area contributed by atoms with Crippen molar-refractivity contribution in [2.24, 2.45) is 0 Å². The normalized spacial score (nSPS) is 10.1. The standard InChI is InChI=1S/C12H12N4O2/c1-7-8(4-13)3-9(5-15-7)12-16-6-10(18-12)11(17)14-2/h3-6,13H,1-2H3,(H,14,17). The molecule has 0 aromatic carbocycles. The molecule has 0 bridgehead atoms. The summed E-state index contributed by atoms with van der Waals surface area (Å²) in [7, 11) is 1.52. The fourth-order valence-corrected chi connectivity index (χ4v) is 1.45. The molecule has 0 aliphatic heterocycles. The van der Waals surface area contributed by atoms with Gasteiger partial charge in [-0.3, -0.25) is 9.78 Å². The lowest BCUT2D eigenvalue weighted by atomic mass is 10.1. The monoisotopic (exact) mass is 244 g/mol. The van der Waals surface area contributed by atoms with E-state index in [1.54, 1.807) is 12.3 Å². The largest absolute Gasteiger partial charge is 0.431 e. The molecule has 0 saturated carbocycles. The van der Waals surface area contributed by atoms with Gasteiger partial charge in [0.15, 0.2) is 0 Å². The number of carbonyl (C=O) groups is 1. The van der Waals surface area contributed by atoms with Crippen LogP contribution in [0.15, 0.2) is 22.9 Å². The number of rotatable bonds is 3. The molecular weight excluding hydrogens is 232 g/mol. The Hall–Kier alpha value is -2.50. The number of aryl methyl sites for hydroxylation is 1. The molecule has 0 unspecified atom stereocenters. The van der Waals surface area contributed by atoms with Gasteiger partial charge in [-0.15, -0.1) is 0 Å². The first-order valence-corrected chi connectivity index (χ1v) is 5.31. The number of nitrogens with zero attached hydrogens (tertiary/aromatic N) is 2. The second-order valence-electron chi connectivity index (χ2n) is 3.65. The lowest BCUT2D eigenvalue weighted by Crippen LogP contribution is -2.16. The second kappa shape index (κ2) is 4.79. The van der Waals surface area contributed by atoms with Crippen LogP contribution in [0.5, 0.6) is 0 Å². The fraction of sp³-hybridized carbons (Fsp3) is 0.167. The Bertz CT molecular complexity index is 604. The Balaban J connectivity index is 2.40. The molecule has 2 N–H and O–H groups in total. The minimum absolute atomic E-state index is 0.143. The van der Waals surface area contributed by atoms with Crippen molar-refractivity contribution in [3.05, 3.63) is 35.5 Å². The summed E-state index contributed by atoms with van der Waals surface area (Å²) in [6.45, 7) is 1.82. The molecular formula is C12H12N4O2. The predicted molar refractivity (Wildman–Crippen MR) is 65.7 cm³/mol. The summed E-state index contributed by atoms with van der Waals surface area (Å²) in [6.07, 6.45) is 4.17. The second-order valence-corrected chi connectivity index (χ2v) is 3.65. The van der Waals surface area contributed by atoms with Gasteiger partial charge >= 0.3 is 0 Å². The van der Waals surface area contributed by atoms with Crippen LogP contribution in [-0.4, -0.2) is 29.1 Å². The van der Waals surface area contributed by atoms with Gasteiger partial charge in [-0.1, -0.05) is 0 Å². The number of hydrogen-bond donors (Lipinski definition) is 2. The van der Waals surface area contributed by atoms with Crippen molar-refractivity contribution in [2.45, 2.75) is 6.92 Å². The van der Waals surface area contributed by atoms with Crippen molar-refractivity contribution in [1.29, 1.82) is 5.41 Å². The minimum Gasteiger partial charge on any atom is -0.431 e. The highest BCUT2D eigenvalue weighted by Crippen LogP contribution is 2.20. The molecule has 92 valence electrons. The third-order valence-electron chi connectivity index (χ3n) is 2.49. The quantitative estimate of drug-likeness (QED) is 0.798. The lowest BCUT2D eigenvalue weighted by molar-refractivity contribution is 0.0936. The van der Waals surface area contributed by atoms with Crippen molar-refractivity contribution in [1.82, 2.24) is 15.3 Å². The Morgan fingerprint density at radius 1 is 1.44 bits per heavy atom. The zero-order chi connectivity index (χ0) is 13.1. The van der Waals surface area contributed by atoms with Crippen molar-refractivity contribution >= 4 is 12.1 Å². The predicted octanol–water partition coefficient (Wildman–Crippen LogP) is 1.40. The molecule has 1 amide bonds. The van der Waals surface area contributed by atoms with Crippen LogP contribution in [-0.2, 0) is 0 Å². The average molecular weight is 244 g/mol. The molecule has 2 aromatic heterocycles. The van der Waals surface area contributed by atoms with Crippen LogP contribution >= 0.6 is 0 Å². The highest BCUT2D eigenvalue weighted by Gasteiger charge is 2.13. The minimum atomic E-state index is -0.332. The van der Waals surface area contributed by atoms with Crippen molar-refractivity contribution in [2.75, 3.05) is 7.05 Å². The van der Waals surface area contributed by atoms with Crippen LogP contribution < -0.4 is 5.32 Å². The number of pyridine rings is 1. The summed E-state index contributed by atoms with van der Waals surface area (Å²) >= 11 is 0. The van der Waals surface area contributed by atoms with E-state index in [0.29, 0.717) is 17.0 Å². The molecule has 2 aromatic rings. The van der Waals surface area contributed by atoms with E-state index < -0.39 is 0 Å². The molecule has 0 fully saturated rings. The highest BCUT2D eigenvalue weighted by molar-refractivity contribution is 5.91. The molecule has 0 aliphatic rings. The summed E-state index contributed by atoms with van der Waals surface area (Å²) in [6, 6.07) is 1.74. The van der Waals surface area contributed by atoms with Crippen LogP contribution in [0.4, 0.5) is 0 Å². The molecule has 6 heteroatoms.